The maximum atomic E-state index is 2.84. The Morgan fingerprint density at radius 3 is 2.07 bits per heavy atom. The summed E-state index contributed by atoms with van der Waals surface area (Å²) in [6.07, 6.45) is 5.55. The molecule has 6 rings (SSSR count). The van der Waals surface area contributed by atoms with Crippen LogP contribution in [0.4, 0.5) is 5.69 Å². The second kappa shape index (κ2) is 7.97. The van der Waals surface area contributed by atoms with Crippen molar-refractivity contribution < 1.29 is 0 Å². The first kappa shape index (κ1) is 18.9. The van der Waals surface area contributed by atoms with Gasteiger partial charge in [0.05, 0.1) is 0 Å². The fourth-order valence-electron chi connectivity index (χ4n) is 6.33. The zero-order valence-corrected chi connectivity index (χ0v) is 17.9. The molecular formula is C24H38N4. The highest BCUT2D eigenvalue weighted by Crippen LogP contribution is 2.32. The van der Waals surface area contributed by atoms with Gasteiger partial charge in [0, 0.05) is 63.6 Å². The molecule has 28 heavy (non-hydrogen) atoms. The van der Waals surface area contributed by atoms with Crippen molar-refractivity contribution in [2.24, 2.45) is 5.92 Å². The lowest BCUT2D eigenvalue weighted by Gasteiger charge is -2.52. The molecule has 154 valence electrons. The van der Waals surface area contributed by atoms with Crippen LogP contribution < -0.4 is 4.90 Å². The molecule has 0 radical (unpaired) electrons. The summed E-state index contributed by atoms with van der Waals surface area (Å²) in [7, 11) is 0. The van der Waals surface area contributed by atoms with Crippen molar-refractivity contribution in [1.82, 2.24) is 14.7 Å². The van der Waals surface area contributed by atoms with E-state index in [1.165, 1.54) is 101 Å². The number of piperazine rings is 1. The van der Waals surface area contributed by atoms with Crippen molar-refractivity contribution in [1.29, 1.82) is 0 Å². The predicted molar refractivity (Wildman–Crippen MR) is 117 cm³/mol. The minimum Gasteiger partial charge on any atom is -0.371 e. The molecule has 0 N–H and O–H groups in total. The van der Waals surface area contributed by atoms with Gasteiger partial charge in [0.25, 0.3) is 0 Å². The molecule has 2 bridgehead atoms. The number of aryl methyl sites for hydroxylation is 1. The van der Waals surface area contributed by atoms with Crippen LogP contribution in [0.5, 0.6) is 0 Å². The topological polar surface area (TPSA) is 13.0 Å². The summed E-state index contributed by atoms with van der Waals surface area (Å²) in [4.78, 5) is 11.0. The molecule has 5 aliphatic heterocycles. The lowest BCUT2D eigenvalue weighted by Crippen LogP contribution is -2.62. The summed E-state index contributed by atoms with van der Waals surface area (Å²) in [5, 5.41) is 0. The van der Waals surface area contributed by atoms with Crippen LogP contribution in [0.1, 0.15) is 36.8 Å². The molecule has 0 aliphatic carbocycles. The van der Waals surface area contributed by atoms with E-state index in [9.17, 15) is 0 Å². The third-order valence-corrected chi connectivity index (χ3v) is 8.34. The number of benzene rings is 1. The number of fused-ring (bicyclic) bond motifs is 3. The molecule has 1 atom stereocenters. The van der Waals surface area contributed by atoms with Gasteiger partial charge in [0.2, 0.25) is 0 Å². The van der Waals surface area contributed by atoms with Gasteiger partial charge in [-0.2, -0.15) is 0 Å². The number of piperidine rings is 4. The van der Waals surface area contributed by atoms with Gasteiger partial charge in [-0.1, -0.05) is 12.1 Å². The summed E-state index contributed by atoms with van der Waals surface area (Å²) in [5.74, 6) is 0.984. The Labute approximate surface area is 171 Å². The molecule has 5 fully saturated rings. The Hall–Kier alpha value is -1.10. The Morgan fingerprint density at radius 1 is 0.750 bits per heavy atom. The first-order valence-corrected chi connectivity index (χ1v) is 11.7. The lowest BCUT2D eigenvalue weighted by molar-refractivity contribution is -0.0228. The minimum atomic E-state index is 0.801. The molecular weight excluding hydrogens is 344 g/mol. The van der Waals surface area contributed by atoms with Crippen LogP contribution in [-0.4, -0.2) is 85.7 Å². The van der Waals surface area contributed by atoms with Crippen LogP contribution >= 0.6 is 0 Å². The van der Waals surface area contributed by atoms with Crippen LogP contribution in [0.15, 0.2) is 18.2 Å². The van der Waals surface area contributed by atoms with Crippen LogP contribution in [-0.2, 0) is 0 Å². The Balaban J connectivity index is 1.13. The molecule has 5 aliphatic rings. The van der Waals surface area contributed by atoms with Crippen molar-refractivity contribution in [3.63, 3.8) is 0 Å². The molecule has 5 heterocycles. The maximum absolute atomic E-state index is 2.84. The van der Waals surface area contributed by atoms with Crippen molar-refractivity contribution >= 4 is 5.69 Å². The number of anilines is 1. The number of hydrogen-bond donors (Lipinski definition) is 0. The average molecular weight is 383 g/mol. The Morgan fingerprint density at radius 2 is 1.43 bits per heavy atom. The second-order valence-electron chi connectivity index (χ2n) is 9.71. The van der Waals surface area contributed by atoms with Gasteiger partial charge in [-0.15, -0.1) is 0 Å². The van der Waals surface area contributed by atoms with E-state index in [-0.39, 0.29) is 0 Å². The Kier molecular flexibility index (Phi) is 5.38. The van der Waals surface area contributed by atoms with Gasteiger partial charge in [-0.05, 0) is 75.7 Å². The van der Waals surface area contributed by atoms with Crippen LogP contribution in [0.3, 0.4) is 0 Å². The quantitative estimate of drug-likeness (QED) is 0.797. The zero-order valence-electron chi connectivity index (χ0n) is 17.9. The van der Waals surface area contributed by atoms with Gasteiger partial charge >= 0.3 is 0 Å². The second-order valence-corrected chi connectivity index (χ2v) is 9.71. The fraction of sp³-hybridized carbons (Fsp3) is 0.750. The van der Waals surface area contributed by atoms with E-state index in [1.807, 2.05) is 0 Å². The summed E-state index contributed by atoms with van der Waals surface area (Å²) in [5.41, 5.74) is 4.35. The summed E-state index contributed by atoms with van der Waals surface area (Å²) in [6.45, 7) is 16.2. The van der Waals surface area contributed by atoms with Gasteiger partial charge in [-0.25, -0.2) is 0 Å². The standard InChI is InChI=1S/C24H38N4/c1-19-4-3-5-23(20(19)2)27-12-8-22(9-13-27)26-14-16-28(17-15-26)24-18-25-10-6-21(24)7-11-25/h3-5,21-22,24H,6-18H2,1-2H3/t24-/m1/s1. The van der Waals surface area contributed by atoms with Crippen molar-refractivity contribution in [2.45, 2.75) is 51.6 Å². The van der Waals surface area contributed by atoms with E-state index < -0.39 is 0 Å². The van der Waals surface area contributed by atoms with Crippen molar-refractivity contribution in [3.05, 3.63) is 29.3 Å². The SMILES string of the molecule is Cc1cccc(N2CCC(N3CCN([C@@H]4CN5CCC4CC5)CC3)CC2)c1C. The first-order valence-electron chi connectivity index (χ1n) is 11.7. The van der Waals surface area contributed by atoms with Crippen LogP contribution in [0, 0.1) is 19.8 Å². The monoisotopic (exact) mass is 382 g/mol. The minimum absolute atomic E-state index is 0.801. The fourth-order valence-corrected chi connectivity index (χ4v) is 6.33. The van der Waals surface area contributed by atoms with Crippen LogP contribution in [0.25, 0.3) is 0 Å². The van der Waals surface area contributed by atoms with Crippen molar-refractivity contribution in [2.75, 3.05) is 63.8 Å². The van der Waals surface area contributed by atoms with E-state index in [0.29, 0.717) is 0 Å². The largest absolute Gasteiger partial charge is 0.371 e. The Bertz CT molecular complexity index is 665. The van der Waals surface area contributed by atoms with Gasteiger partial charge < -0.3 is 9.80 Å². The normalized spacial score (nSPS) is 32.8. The molecule has 1 aromatic carbocycles. The van der Waals surface area contributed by atoms with Gasteiger partial charge in [0.1, 0.15) is 0 Å². The maximum Gasteiger partial charge on any atom is 0.0398 e. The molecule has 0 amide bonds. The predicted octanol–water partition coefficient (Wildman–Crippen LogP) is 2.98. The highest BCUT2D eigenvalue weighted by Gasteiger charge is 2.39. The third kappa shape index (κ3) is 3.59. The number of rotatable bonds is 3. The smallest absolute Gasteiger partial charge is 0.0398 e. The van der Waals surface area contributed by atoms with E-state index in [2.05, 4.69) is 51.6 Å². The zero-order chi connectivity index (χ0) is 19.1. The third-order valence-electron chi connectivity index (χ3n) is 8.34. The van der Waals surface area contributed by atoms with E-state index in [0.717, 1.165) is 18.0 Å². The van der Waals surface area contributed by atoms with Gasteiger partial charge in [0.15, 0.2) is 0 Å². The van der Waals surface area contributed by atoms with E-state index in [4.69, 9.17) is 0 Å². The summed E-state index contributed by atoms with van der Waals surface area (Å²) in [6, 6.07) is 8.43. The highest BCUT2D eigenvalue weighted by atomic mass is 15.3. The van der Waals surface area contributed by atoms with Gasteiger partial charge in [-0.3, -0.25) is 9.80 Å². The van der Waals surface area contributed by atoms with Crippen molar-refractivity contribution in [3.8, 4) is 0 Å². The number of nitrogens with zero attached hydrogens (tertiary/aromatic N) is 4. The molecule has 4 nitrogen and oxygen atoms in total. The molecule has 0 unspecified atom stereocenters. The van der Waals surface area contributed by atoms with E-state index >= 15 is 0 Å². The molecule has 0 spiro atoms. The molecule has 1 aromatic rings. The molecule has 4 heteroatoms. The average Bonchev–Trinajstić information content (AvgIpc) is 2.77. The van der Waals surface area contributed by atoms with Crippen LogP contribution in [0.2, 0.25) is 0 Å². The summed E-state index contributed by atoms with van der Waals surface area (Å²) < 4.78 is 0. The molecule has 0 aromatic heterocycles. The molecule has 0 saturated carbocycles. The number of hydrogen-bond acceptors (Lipinski definition) is 4. The highest BCUT2D eigenvalue weighted by molar-refractivity contribution is 5.56. The van der Waals surface area contributed by atoms with E-state index in [1.54, 1.807) is 0 Å². The summed E-state index contributed by atoms with van der Waals surface area (Å²) >= 11 is 0. The lowest BCUT2D eigenvalue weighted by atomic mass is 9.83. The first-order chi connectivity index (χ1) is 13.7. The molecule has 5 saturated heterocycles.